The molecular weight excluding hydrogens is 308 g/mol. The fourth-order valence-corrected chi connectivity index (χ4v) is 3.00. The highest BCUT2D eigenvalue weighted by Gasteiger charge is 2.07. The number of rotatable bonds is 4. The van der Waals surface area contributed by atoms with Crippen LogP contribution in [-0.4, -0.2) is 16.0 Å². The predicted molar refractivity (Wildman–Crippen MR) is 92.2 cm³/mol. The fourth-order valence-electron chi connectivity index (χ4n) is 2.16. The molecule has 3 rings (SSSR count). The molecule has 1 aromatic heterocycles. The molecule has 4 nitrogen and oxygen atoms in total. The van der Waals surface area contributed by atoms with Gasteiger partial charge in [-0.3, -0.25) is 4.79 Å². The standard InChI is InChI=1S/C18H16N2O2S/c1-12(21)19-10-13-2-4-14(5-3-13)17-11-23-18(20-17)15-6-8-16(22)9-7-15/h2-9,11,22H,10H2,1H3,(H,19,21). The van der Waals surface area contributed by atoms with Gasteiger partial charge in [0.05, 0.1) is 5.69 Å². The first kappa shape index (κ1) is 15.2. The van der Waals surface area contributed by atoms with Crippen LogP contribution in [0.2, 0.25) is 0 Å². The summed E-state index contributed by atoms with van der Waals surface area (Å²) in [6.45, 7) is 2.04. The fraction of sp³-hybridized carbons (Fsp3) is 0.111. The first-order valence-corrected chi connectivity index (χ1v) is 8.08. The van der Waals surface area contributed by atoms with E-state index in [0.29, 0.717) is 6.54 Å². The molecule has 1 heterocycles. The van der Waals surface area contributed by atoms with Gasteiger partial charge in [-0.15, -0.1) is 11.3 Å². The average Bonchev–Trinajstić information content (AvgIpc) is 3.04. The molecular formula is C18H16N2O2S. The van der Waals surface area contributed by atoms with Crippen molar-refractivity contribution >= 4 is 17.2 Å². The van der Waals surface area contributed by atoms with E-state index in [1.165, 1.54) is 6.92 Å². The number of thiazole rings is 1. The molecule has 2 N–H and O–H groups in total. The van der Waals surface area contributed by atoms with Crippen LogP contribution in [-0.2, 0) is 11.3 Å². The van der Waals surface area contributed by atoms with Crippen molar-refractivity contribution in [3.63, 3.8) is 0 Å². The number of nitrogens with zero attached hydrogens (tertiary/aromatic N) is 1. The Morgan fingerprint density at radius 2 is 1.74 bits per heavy atom. The molecule has 0 aliphatic heterocycles. The maximum Gasteiger partial charge on any atom is 0.217 e. The van der Waals surface area contributed by atoms with Crippen LogP contribution >= 0.6 is 11.3 Å². The lowest BCUT2D eigenvalue weighted by molar-refractivity contribution is -0.119. The van der Waals surface area contributed by atoms with Crippen molar-refractivity contribution in [3.8, 4) is 27.6 Å². The van der Waals surface area contributed by atoms with Crippen LogP contribution in [0.1, 0.15) is 12.5 Å². The van der Waals surface area contributed by atoms with Gasteiger partial charge in [0.1, 0.15) is 10.8 Å². The van der Waals surface area contributed by atoms with E-state index in [4.69, 9.17) is 0 Å². The highest BCUT2D eigenvalue weighted by atomic mass is 32.1. The summed E-state index contributed by atoms with van der Waals surface area (Å²) in [4.78, 5) is 15.6. The zero-order valence-electron chi connectivity index (χ0n) is 12.6. The molecule has 0 unspecified atom stereocenters. The number of amides is 1. The number of benzene rings is 2. The number of hydrogen-bond donors (Lipinski definition) is 2. The summed E-state index contributed by atoms with van der Waals surface area (Å²) >= 11 is 1.57. The normalized spacial score (nSPS) is 10.5. The summed E-state index contributed by atoms with van der Waals surface area (Å²) in [5, 5.41) is 15.1. The maximum atomic E-state index is 10.9. The van der Waals surface area contributed by atoms with Crippen LogP contribution in [0.4, 0.5) is 0 Å². The smallest absolute Gasteiger partial charge is 0.217 e. The van der Waals surface area contributed by atoms with Gasteiger partial charge in [0.25, 0.3) is 0 Å². The third kappa shape index (κ3) is 3.76. The number of hydrogen-bond acceptors (Lipinski definition) is 4. The molecule has 3 aromatic rings. The van der Waals surface area contributed by atoms with Gasteiger partial charge in [0.2, 0.25) is 5.91 Å². The Balaban J connectivity index is 1.77. The van der Waals surface area contributed by atoms with Gasteiger partial charge >= 0.3 is 0 Å². The van der Waals surface area contributed by atoms with Crippen LogP contribution in [0, 0.1) is 0 Å². The van der Waals surface area contributed by atoms with Crippen LogP contribution in [0.25, 0.3) is 21.8 Å². The van der Waals surface area contributed by atoms with E-state index in [2.05, 4.69) is 10.3 Å². The minimum absolute atomic E-state index is 0.0351. The topological polar surface area (TPSA) is 62.2 Å². The molecule has 0 saturated heterocycles. The molecule has 116 valence electrons. The Hall–Kier alpha value is -2.66. The minimum Gasteiger partial charge on any atom is -0.508 e. The molecule has 23 heavy (non-hydrogen) atoms. The SMILES string of the molecule is CC(=O)NCc1ccc(-c2csc(-c3ccc(O)cc3)n2)cc1. The molecule has 0 radical (unpaired) electrons. The van der Waals surface area contributed by atoms with Gasteiger partial charge in [-0.2, -0.15) is 0 Å². The van der Waals surface area contributed by atoms with Crippen LogP contribution in [0.3, 0.4) is 0 Å². The average molecular weight is 324 g/mol. The Bertz CT molecular complexity index is 808. The molecule has 0 saturated carbocycles. The molecule has 2 aromatic carbocycles. The summed E-state index contributed by atoms with van der Waals surface area (Å²) < 4.78 is 0. The van der Waals surface area contributed by atoms with E-state index in [1.807, 2.05) is 41.8 Å². The van der Waals surface area contributed by atoms with Crippen LogP contribution < -0.4 is 5.32 Å². The quantitative estimate of drug-likeness (QED) is 0.767. The number of phenols is 1. The summed E-state index contributed by atoms with van der Waals surface area (Å²) in [6.07, 6.45) is 0. The zero-order chi connectivity index (χ0) is 16.2. The molecule has 0 fully saturated rings. The Labute approximate surface area is 138 Å². The largest absolute Gasteiger partial charge is 0.508 e. The second-order valence-corrected chi connectivity index (χ2v) is 6.05. The van der Waals surface area contributed by atoms with E-state index in [1.54, 1.807) is 23.5 Å². The molecule has 0 atom stereocenters. The third-order valence-electron chi connectivity index (χ3n) is 3.41. The lowest BCUT2D eigenvalue weighted by Gasteiger charge is -2.03. The molecule has 0 aliphatic carbocycles. The van der Waals surface area contributed by atoms with E-state index in [9.17, 15) is 9.90 Å². The zero-order valence-corrected chi connectivity index (χ0v) is 13.4. The first-order valence-electron chi connectivity index (χ1n) is 7.20. The summed E-state index contributed by atoms with van der Waals surface area (Å²) in [7, 11) is 0. The predicted octanol–water partition coefficient (Wildman–Crippen LogP) is 3.82. The number of carbonyl (C=O) groups excluding carboxylic acids is 1. The second kappa shape index (κ2) is 6.62. The van der Waals surface area contributed by atoms with Gasteiger partial charge in [-0.25, -0.2) is 4.98 Å². The first-order chi connectivity index (χ1) is 11.1. The van der Waals surface area contributed by atoms with Gasteiger partial charge < -0.3 is 10.4 Å². The molecule has 1 amide bonds. The lowest BCUT2D eigenvalue weighted by Crippen LogP contribution is -2.18. The van der Waals surface area contributed by atoms with Gasteiger partial charge in [0, 0.05) is 30.0 Å². The highest BCUT2D eigenvalue weighted by molar-refractivity contribution is 7.13. The van der Waals surface area contributed by atoms with E-state index in [0.717, 1.165) is 27.4 Å². The van der Waals surface area contributed by atoms with Crippen molar-refractivity contribution in [2.24, 2.45) is 0 Å². The molecule has 0 bridgehead atoms. The number of nitrogens with one attached hydrogen (secondary N) is 1. The van der Waals surface area contributed by atoms with E-state index in [-0.39, 0.29) is 11.7 Å². The van der Waals surface area contributed by atoms with Crippen LogP contribution in [0.5, 0.6) is 5.75 Å². The molecule has 0 aliphatic rings. The summed E-state index contributed by atoms with van der Waals surface area (Å²) in [5.41, 5.74) is 4.00. The van der Waals surface area contributed by atoms with Crippen molar-refractivity contribution in [3.05, 3.63) is 59.5 Å². The van der Waals surface area contributed by atoms with E-state index < -0.39 is 0 Å². The monoisotopic (exact) mass is 324 g/mol. The summed E-state index contributed by atoms with van der Waals surface area (Å²) in [6, 6.07) is 15.0. The Morgan fingerprint density at radius 3 is 2.39 bits per heavy atom. The van der Waals surface area contributed by atoms with Crippen molar-refractivity contribution in [1.29, 1.82) is 0 Å². The Kier molecular flexibility index (Phi) is 4.39. The van der Waals surface area contributed by atoms with Gasteiger partial charge in [-0.1, -0.05) is 24.3 Å². The van der Waals surface area contributed by atoms with Gasteiger partial charge in [-0.05, 0) is 29.8 Å². The summed E-state index contributed by atoms with van der Waals surface area (Å²) in [5.74, 6) is 0.215. The second-order valence-electron chi connectivity index (χ2n) is 5.19. The third-order valence-corrected chi connectivity index (χ3v) is 4.30. The Morgan fingerprint density at radius 1 is 1.09 bits per heavy atom. The van der Waals surface area contributed by atoms with Crippen molar-refractivity contribution in [1.82, 2.24) is 10.3 Å². The molecule has 5 heteroatoms. The number of carbonyl (C=O) groups is 1. The maximum absolute atomic E-state index is 10.9. The highest BCUT2D eigenvalue weighted by Crippen LogP contribution is 2.29. The molecule has 0 spiro atoms. The number of phenolic OH excluding ortho intramolecular Hbond substituents is 1. The lowest BCUT2D eigenvalue weighted by atomic mass is 10.1. The van der Waals surface area contributed by atoms with E-state index >= 15 is 0 Å². The van der Waals surface area contributed by atoms with Crippen LogP contribution in [0.15, 0.2) is 53.9 Å². The number of aromatic nitrogens is 1. The van der Waals surface area contributed by atoms with Gasteiger partial charge in [0.15, 0.2) is 0 Å². The minimum atomic E-state index is -0.0351. The van der Waals surface area contributed by atoms with Crippen molar-refractivity contribution in [2.75, 3.05) is 0 Å². The van der Waals surface area contributed by atoms with Crippen molar-refractivity contribution in [2.45, 2.75) is 13.5 Å². The number of aromatic hydroxyl groups is 1. The van der Waals surface area contributed by atoms with Crippen molar-refractivity contribution < 1.29 is 9.90 Å².